The van der Waals surface area contributed by atoms with Crippen LogP contribution in [0.3, 0.4) is 0 Å². The van der Waals surface area contributed by atoms with Crippen LogP contribution in [0, 0.1) is 0 Å². The van der Waals surface area contributed by atoms with Crippen molar-refractivity contribution in [3.63, 3.8) is 0 Å². The Kier molecular flexibility index (Phi) is 4.89. The number of alkyl halides is 3. The lowest BCUT2D eigenvalue weighted by Gasteiger charge is -2.17. The van der Waals surface area contributed by atoms with E-state index >= 15 is 0 Å². The Bertz CT molecular complexity index is 1060. The number of hydrogen-bond acceptors (Lipinski definition) is 6. The Labute approximate surface area is 170 Å². The van der Waals surface area contributed by atoms with E-state index in [4.69, 9.17) is 4.74 Å². The smallest absolute Gasteiger partial charge is 0.435 e. The SMILES string of the molecule is CC(C)(O)c1cc(Nc2cc(Oc3cc(C(F)(F)F)nn3C3CC3)ccn2)ccn1. The number of anilines is 2. The molecule has 30 heavy (non-hydrogen) atoms. The predicted molar refractivity (Wildman–Crippen MR) is 103 cm³/mol. The summed E-state index contributed by atoms with van der Waals surface area (Å²) in [5.41, 5.74) is -0.956. The summed E-state index contributed by atoms with van der Waals surface area (Å²) >= 11 is 0. The highest BCUT2D eigenvalue weighted by atomic mass is 19.4. The molecule has 4 rings (SSSR count). The van der Waals surface area contributed by atoms with E-state index in [0.29, 0.717) is 22.9 Å². The largest absolute Gasteiger partial charge is 0.439 e. The molecule has 0 radical (unpaired) electrons. The quantitative estimate of drug-likeness (QED) is 0.598. The first-order valence-electron chi connectivity index (χ1n) is 9.36. The summed E-state index contributed by atoms with van der Waals surface area (Å²) in [5, 5.41) is 16.9. The maximum Gasteiger partial charge on any atom is 0.435 e. The summed E-state index contributed by atoms with van der Waals surface area (Å²) < 4.78 is 46.2. The fourth-order valence-electron chi connectivity index (χ4n) is 2.83. The third-order valence-electron chi connectivity index (χ3n) is 4.50. The molecule has 0 aromatic carbocycles. The fourth-order valence-corrected chi connectivity index (χ4v) is 2.83. The molecule has 0 amide bonds. The van der Waals surface area contributed by atoms with Gasteiger partial charge in [0.1, 0.15) is 17.2 Å². The molecule has 1 aliphatic rings. The first-order chi connectivity index (χ1) is 14.1. The van der Waals surface area contributed by atoms with Crippen molar-refractivity contribution in [2.24, 2.45) is 0 Å². The molecule has 1 fully saturated rings. The van der Waals surface area contributed by atoms with Crippen LogP contribution in [0.4, 0.5) is 24.7 Å². The van der Waals surface area contributed by atoms with Crippen LogP contribution in [0.25, 0.3) is 0 Å². The Morgan fingerprint density at radius 1 is 1.07 bits per heavy atom. The summed E-state index contributed by atoms with van der Waals surface area (Å²) in [5.74, 6) is 0.781. The first-order valence-corrected chi connectivity index (χ1v) is 9.36. The van der Waals surface area contributed by atoms with Gasteiger partial charge in [-0.05, 0) is 44.9 Å². The lowest BCUT2D eigenvalue weighted by Crippen LogP contribution is -2.17. The zero-order valence-corrected chi connectivity index (χ0v) is 16.3. The molecule has 0 unspecified atom stereocenters. The van der Waals surface area contributed by atoms with E-state index in [-0.39, 0.29) is 11.9 Å². The predicted octanol–water partition coefficient (Wildman–Crippen LogP) is 4.79. The second-order valence-electron chi connectivity index (χ2n) is 7.63. The normalized spacial score (nSPS) is 14.6. The van der Waals surface area contributed by atoms with Crippen LogP contribution < -0.4 is 10.1 Å². The lowest BCUT2D eigenvalue weighted by molar-refractivity contribution is -0.141. The van der Waals surface area contributed by atoms with E-state index in [1.807, 2.05) is 0 Å². The van der Waals surface area contributed by atoms with Crippen molar-refractivity contribution in [3.8, 4) is 11.6 Å². The number of aromatic nitrogens is 4. The van der Waals surface area contributed by atoms with Crippen LogP contribution in [0.1, 0.15) is 44.1 Å². The van der Waals surface area contributed by atoms with Gasteiger partial charge in [0.25, 0.3) is 0 Å². The number of nitrogens with one attached hydrogen (secondary N) is 1. The van der Waals surface area contributed by atoms with Crippen molar-refractivity contribution in [1.82, 2.24) is 19.7 Å². The van der Waals surface area contributed by atoms with Crippen molar-refractivity contribution >= 4 is 11.5 Å². The van der Waals surface area contributed by atoms with Gasteiger partial charge in [-0.25, -0.2) is 9.67 Å². The molecule has 3 aromatic rings. The van der Waals surface area contributed by atoms with Gasteiger partial charge in [-0.3, -0.25) is 4.98 Å². The van der Waals surface area contributed by atoms with Crippen molar-refractivity contribution in [2.45, 2.75) is 44.5 Å². The zero-order valence-electron chi connectivity index (χ0n) is 16.3. The van der Waals surface area contributed by atoms with E-state index in [1.54, 1.807) is 44.3 Å². The summed E-state index contributed by atoms with van der Waals surface area (Å²) in [6.07, 6.45) is 0.0397. The van der Waals surface area contributed by atoms with Crippen molar-refractivity contribution in [3.05, 3.63) is 54.1 Å². The minimum Gasteiger partial charge on any atom is -0.439 e. The number of aliphatic hydroxyl groups is 1. The van der Waals surface area contributed by atoms with Crippen molar-refractivity contribution in [2.75, 3.05) is 5.32 Å². The summed E-state index contributed by atoms with van der Waals surface area (Å²) in [6, 6.07) is 7.35. The van der Waals surface area contributed by atoms with Gasteiger partial charge in [-0.15, -0.1) is 0 Å². The molecule has 1 saturated carbocycles. The first kappa shape index (κ1) is 20.1. The molecular weight excluding hydrogens is 399 g/mol. The van der Waals surface area contributed by atoms with E-state index in [2.05, 4.69) is 20.4 Å². The molecule has 3 aromatic heterocycles. The van der Waals surface area contributed by atoms with E-state index in [1.165, 1.54) is 10.9 Å². The molecule has 0 saturated heterocycles. The minimum atomic E-state index is -4.54. The van der Waals surface area contributed by atoms with E-state index < -0.39 is 17.5 Å². The van der Waals surface area contributed by atoms with Gasteiger partial charge in [0.05, 0.1) is 11.7 Å². The summed E-state index contributed by atoms with van der Waals surface area (Å²) in [7, 11) is 0. The Morgan fingerprint density at radius 3 is 2.47 bits per heavy atom. The molecule has 0 aliphatic heterocycles. The highest BCUT2D eigenvalue weighted by Gasteiger charge is 2.38. The Morgan fingerprint density at radius 2 is 1.80 bits per heavy atom. The number of rotatable bonds is 6. The monoisotopic (exact) mass is 419 g/mol. The summed E-state index contributed by atoms with van der Waals surface area (Å²) in [6.45, 7) is 3.26. The molecule has 0 atom stereocenters. The van der Waals surface area contributed by atoms with Gasteiger partial charge < -0.3 is 15.2 Å². The minimum absolute atomic E-state index is 0.0372. The molecule has 2 N–H and O–H groups in total. The number of ether oxygens (including phenoxy) is 1. The van der Waals surface area contributed by atoms with Crippen molar-refractivity contribution in [1.29, 1.82) is 0 Å². The van der Waals surface area contributed by atoms with Crippen LogP contribution in [0.15, 0.2) is 42.7 Å². The van der Waals surface area contributed by atoms with Crippen LogP contribution >= 0.6 is 0 Å². The maximum atomic E-state index is 13.1. The number of pyridine rings is 2. The molecule has 158 valence electrons. The molecule has 1 aliphatic carbocycles. The van der Waals surface area contributed by atoms with Crippen LogP contribution in [-0.2, 0) is 11.8 Å². The van der Waals surface area contributed by atoms with Crippen molar-refractivity contribution < 1.29 is 23.0 Å². The molecule has 3 heterocycles. The average molecular weight is 419 g/mol. The Hall–Kier alpha value is -3.14. The summed E-state index contributed by atoms with van der Waals surface area (Å²) in [4.78, 5) is 8.35. The fraction of sp³-hybridized carbons (Fsp3) is 0.350. The maximum absolute atomic E-state index is 13.1. The second-order valence-corrected chi connectivity index (χ2v) is 7.63. The Balaban J connectivity index is 1.56. The van der Waals surface area contributed by atoms with Gasteiger partial charge in [-0.2, -0.15) is 18.3 Å². The standard InChI is InChI=1S/C20H20F3N5O2/c1-19(2,29)15-9-12(5-7-24-15)26-17-10-14(6-8-25-17)30-18-11-16(20(21,22)23)27-28(18)13-3-4-13/h5-11,13,29H,3-4H2,1-2H3,(H,24,25,26). The molecule has 10 heteroatoms. The lowest BCUT2D eigenvalue weighted by atomic mass is 10.0. The van der Waals surface area contributed by atoms with Gasteiger partial charge in [0.2, 0.25) is 5.88 Å². The van der Waals surface area contributed by atoms with E-state index in [9.17, 15) is 18.3 Å². The topological polar surface area (TPSA) is 85.1 Å². The van der Waals surface area contributed by atoms with Gasteiger partial charge in [0.15, 0.2) is 5.69 Å². The molecule has 0 spiro atoms. The second kappa shape index (κ2) is 7.28. The van der Waals surface area contributed by atoms with Crippen LogP contribution in [0.2, 0.25) is 0 Å². The highest BCUT2D eigenvalue weighted by Crippen LogP contribution is 2.41. The number of hydrogen-bond donors (Lipinski definition) is 2. The zero-order chi connectivity index (χ0) is 21.5. The molecule has 7 nitrogen and oxygen atoms in total. The molecule has 0 bridgehead atoms. The third-order valence-corrected chi connectivity index (χ3v) is 4.50. The van der Waals surface area contributed by atoms with Gasteiger partial charge >= 0.3 is 6.18 Å². The van der Waals surface area contributed by atoms with Gasteiger partial charge in [-0.1, -0.05) is 0 Å². The number of nitrogens with zero attached hydrogens (tertiary/aromatic N) is 4. The van der Waals surface area contributed by atoms with Crippen LogP contribution in [0.5, 0.6) is 11.6 Å². The van der Waals surface area contributed by atoms with E-state index in [0.717, 1.165) is 18.9 Å². The third kappa shape index (κ3) is 4.54. The highest BCUT2D eigenvalue weighted by molar-refractivity contribution is 5.57. The van der Waals surface area contributed by atoms with Crippen LogP contribution in [-0.4, -0.2) is 24.9 Å². The van der Waals surface area contributed by atoms with Gasteiger partial charge in [0, 0.05) is 30.2 Å². The average Bonchev–Trinajstić information content (AvgIpc) is 3.41. The molecular formula is C20H20F3N5O2. The number of halogens is 3.